The molecule has 5 nitrogen and oxygen atoms in total. The fraction of sp³-hybridized carbons (Fsp3) is 0.438. The zero-order valence-electron chi connectivity index (χ0n) is 13.0. The first kappa shape index (κ1) is 16.1. The van der Waals surface area contributed by atoms with Crippen molar-refractivity contribution in [2.75, 3.05) is 13.1 Å². The largest absolute Gasteiger partial charge is 0.339 e. The van der Waals surface area contributed by atoms with Gasteiger partial charge < -0.3 is 4.57 Å². The van der Waals surface area contributed by atoms with E-state index in [0.29, 0.717) is 13.1 Å². The summed E-state index contributed by atoms with van der Waals surface area (Å²) in [7, 11) is -1.84. The van der Waals surface area contributed by atoms with Gasteiger partial charge in [0.15, 0.2) is 5.03 Å². The molecule has 1 aromatic carbocycles. The second-order valence-electron chi connectivity index (χ2n) is 5.98. The van der Waals surface area contributed by atoms with Crippen molar-refractivity contribution >= 4 is 10.0 Å². The van der Waals surface area contributed by atoms with Crippen LogP contribution in [-0.2, 0) is 17.1 Å². The van der Waals surface area contributed by atoms with Crippen LogP contribution in [0.4, 0.5) is 4.39 Å². The fourth-order valence-electron chi connectivity index (χ4n) is 2.99. The normalized spacial score (nSPS) is 20.3. The lowest BCUT2D eigenvalue weighted by Gasteiger charge is -2.23. The van der Waals surface area contributed by atoms with Gasteiger partial charge in [-0.1, -0.05) is 18.6 Å². The van der Waals surface area contributed by atoms with Gasteiger partial charge in [-0.05, 0) is 36.5 Å². The second-order valence-corrected chi connectivity index (χ2v) is 7.87. The topological polar surface area (TPSA) is 55.2 Å². The Balaban J connectivity index is 1.86. The molecule has 0 unspecified atom stereocenters. The molecule has 1 aliphatic rings. The van der Waals surface area contributed by atoms with Gasteiger partial charge in [-0.3, -0.25) is 0 Å². The summed E-state index contributed by atoms with van der Waals surface area (Å²) in [6.07, 6.45) is 5.69. The van der Waals surface area contributed by atoms with E-state index in [-0.39, 0.29) is 16.8 Å². The Labute approximate surface area is 135 Å². The van der Waals surface area contributed by atoms with E-state index in [1.165, 1.54) is 29.0 Å². The Morgan fingerprint density at radius 2 is 1.96 bits per heavy atom. The van der Waals surface area contributed by atoms with Gasteiger partial charge in [0.25, 0.3) is 10.0 Å². The first-order valence-corrected chi connectivity index (χ1v) is 9.14. The summed E-state index contributed by atoms with van der Waals surface area (Å²) in [5.74, 6) is -0.197. The predicted octanol–water partition coefficient (Wildman–Crippen LogP) is 2.52. The third kappa shape index (κ3) is 3.45. The third-order valence-electron chi connectivity index (χ3n) is 4.26. The van der Waals surface area contributed by atoms with E-state index in [9.17, 15) is 12.8 Å². The maximum atomic E-state index is 13.1. The van der Waals surface area contributed by atoms with Crippen LogP contribution in [0.1, 0.15) is 30.7 Å². The molecule has 1 fully saturated rings. The first-order valence-electron chi connectivity index (χ1n) is 7.70. The molecule has 0 aliphatic carbocycles. The van der Waals surface area contributed by atoms with E-state index in [0.717, 1.165) is 24.8 Å². The van der Waals surface area contributed by atoms with Crippen molar-refractivity contribution in [3.63, 3.8) is 0 Å². The number of aryl methyl sites for hydroxylation is 1. The molecule has 0 saturated carbocycles. The van der Waals surface area contributed by atoms with Crippen LogP contribution in [0.3, 0.4) is 0 Å². The number of nitrogens with zero attached hydrogens (tertiary/aromatic N) is 3. The minimum Gasteiger partial charge on any atom is -0.339 e. The van der Waals surface area contributed by atoms with Crippen molar-refractivity contribution in [2.24, 2.45) is 7.05 Å². The van der Waals surface area contributed by atoms with Crippen molar-refractivity contribution in [1.29, 1.82) is 0 Å². The fourth-order valence-corrected chi connectivity index (χ4v) is 4.48. The Morgan fingerprint density at radius 1 is 1.22 bits per heavy atom. The molecule has 1 aromatic heterocycles. The predicted molar refractivity (Wildman–Crippen MR) is 85.0 cm³/mol. The average molecular weight is 337 g/mol. The quantitative estimate of drug-likeness (QED) is 0.865. The van der Waals surface area contributed by atoms with Gasteiger partial charge in [0.2, 0.25) is 0 Å². The molecule has 3 rings (SSSR count). The van der Waals surface area contributed by atoms with Crippen LogP contribution in [-0.4, -0.2) is 35.4 Å². The molecule has 1 aliphatic heterocycles. The zero-order chi connectivity index (χ0) is 16.4. The first-order chi connectivity index (χ1) is 11.0. The highest BCUT2D eigenvalue weighted by atomic mass is 32.2. The summed E-state index contributed by atoms with van der Waals surface area (Å²) in [6, 6.07) is 6.35. The lowest BCUT2D eigenvalue weighted by atomic mass is 9.95. The summed E-state index contributed by atoms with van der Waals surface area (Å²) in [5, 5.41) is 0.0831. The third-order valence-corrected chi connectivity index (χ3v) is 6.01. The average Bonchev–Trinajstić information content (AvgIpc) is 2.82. The smallest absolute Gasteiger partial charge is 0.262 e. The molecule has 0 spiro atoms. The summed E-state index contributed by atoms with van der Waals surface area (Å²) in [6.45, 7) is 0.904. The van der Waals surface area contributed by atoms with Crippen LogP contribution in [0.5, 0.6) is 0 Å². The van der Waals surface area contributed by atoms with Crippen molar-refractivity contribution in [3.05, 3.63) is 48.2 Å². The highest BCUT2D eigenvalue weighted by molar-refractivity contribution is 7.89. The molecule has 0 bridgehead atoms. The maximum Gasteiger partial charge on any atom is 0.262 e. The van der Waals surface area contributed by atoms with E-state index in [4.69, 9.17) is 0 Å². The van der Waals surface area contributed by atoms with Gasteiger partial charge in [-0.25, -0.2) is 17.8 Å². The Bertz CT molecular complexity index is 771. The molecule has 0 amide bonds. The Hall–Kier alpha value is -1.73. The molecule has 7 heteroatoms. The molecule has 0 radical (unpaired) electrons. The van der Waals surface area contributed by atoms with Gasteiger partial charge in [0.1, 0.15) is 5.82 Å². The van der Waals surface area contributed by atoms with Crippen LogP contribution in [0.2, 0.25) is 0 Å². The number of imidazole rings is 1. The summed E-state index contributed by atoms with van der Waals surface area (Å²) >= 11 is 0. The number of halogens is 1. The number of hydrogen-bond donors (Lipinski definition) is 0. The number of hydrogen-bond acceptors (Lipinski definition) is 3. The highest BCUT2D eigenvalue weighted by Gasteiger charge is 2.31. The molecular weight excluding hydrogens is 317 g/mol. The Morgan fingerprint density at radius 3 is 2.61 bits per heavy atom. The van der Waals surface area contributed by atoms with Crippen molar-refractivity contribution < 1.29 is 12.8 Å². The molecule has 0 N–H and O–H groups in total. The summed E-state index contributed by atoms with van der Waals surface area (Å²) in [5.41, 5.74) is 0.981. The van der Waals surface area contributed by atoms with Crippen molar-refractivity contribution in [3.8, 4) is 0 Å². The van der Waals surface area contributed by atoms with Crippen LogP contribution >= 0.6 is 0 Å². The lowest BCUT2D eigenvalue weighted by Crippen LogP contribution is -2.34. The van der Waals surface area contributed by atoms with Crippen molar-refractivity contribution in [1.82, 2.24) is 13.9 Å². The van der Waals surface area contributed by atoms with E-state index in [1.54, 1.807) is 23.7 Å². The minimum atomic E-state index is -3.59. The van der Waals surface area contributed by atoms with Gasteiger partial charge in [-0.15, -0.1) is 0 Å². The molecule has 124 valence electrons. The van der Waals surface area contributed by atoms with E-state index in [1.807, 2.05) is 0 Å². The lowest BCUT2D eigenvalue weighted by molar-refractivity contribution is 0.404. The van der Waals surface area contributed by atoms with Crippen molar-refractivity contribution in [2.45, 2.75) is 30.2 Å². The highest BCUT2D eigenvalue weighted by Crippen LogP contribution is 2.29. The van der Waals surface area contributed by atoms with Gasteiger partial charge in [0.05, 0.1) is 6.33 Å². The van der Waals surface area contributed by atoms with E-state index < -0.39 is 10.0 Å². The van der Waals surface area contributed by atoms with Crippen LogP contribution in [0.15, 0.2) is 41.8 Å². The molecular formula is C16H20FN3O2S. The summed E-state index contributed by atoms with van der Waals surface area (Å²) in [4.78, 5) is 3.99. The van der Waals surface area contributed by atoms with Gasteiger partial charge in [-0.2, -0.15) is 4.31 Å². The maximum absolute atomic E-state index is 13.1. The minimum absolute atomic E-state index is 0.0802. The monoisotopic (exact) mass is 337 g/mol. The SMILES string of the molecule is Cn1cnc(S(=O)(=O)N2CCCC[C@@H](c3ccc(F)cc3)C2)c1. The molecule has 2 heterocycles. The van der Waals surface area contributed by atoms with E-state index >= 15 is 0 Å². The number of rotatable bonds is 3. The number of aromatic nitrogens is 2. The summed E-state index contributed by atoms with van der Waals surface area (Å²) < 4.78 is 41.8. The Kier molecular flexibility index (Phi) is 4.50. The number of benzene rings is 1. The van der Waals surface area contributed by atoms with Crippen LogP contribution in [0, 0.1) is 5.82 Å². The van der Waals surface area contributed by atoms with Crippen LogP contribution < -0.4 is 0 Å². The number of sulfonamides is 1. The van der Waals surface area contributed by atoms with E-state index in [2.05, 4.69) is 4.98 Å². The molecule has 1 atom stereocenters. The van der Waals surface area contributed by atoms with Gasteiger partial charge in [0, 0.05) is 26.3 Å². The second kappa shape index (κ2) is 6.41. The molecule has 23 heavy (non-hydrogen) atoms. The van der Waals surface area contributed by atoms with Gasteiger partial charge >= 0.3 is 0 Å². The zero-order valence-corrected chi connectivity index (χ0v) is 13.8. The standard InChI is InChI=1S/C16H20FN3O2S/c1-19-11-16(18-12-19)23(21,22)20-9-3-2-4-14(10-20)13-5-7-15(17)8-6-13/h5-8,11-12,14H,2-4,9-10H2,1H3/t14-/m1/s1. The molecule has 2 aromatic rings. The van der Waals surface area contributed by atoms with Crippen LogP contribution in [0.25, 0.3) is 0 Å². The molecule has 1 saturated heterocycles.